The second kappa shape index (κ2) is 11.4. The lowest BCUT2D eigenvalue weighted by Gasteiger charge is -2.22. The van der Waals surface area contributed by atoms with Crippen molar-refractivity contribution in [1.29, 1.82) is 0 Å². The summed E-state index contributed by atoms with van der Waals surface area (Å²) in [5.74, 6) is 2.55. The first-order chi connectivity index (χ1) is 13.7. The molecule has 2 fully saturated rings. The van der Waals surface area contributed by atoms with Crippen molar-refractivity contribution in [2.24, 2.45) is 12.0 Å². The van der Waals surface area contributed by atoms with E-state index < -0.39 is 0 Å². The van der Waals surface area contributed by atoms with Gasteiger partial charge in [-0.3, -0.25) is 0 Å². The lowest BCUT2D eigenvalue weighted by atomic mass is 9.98. The van der Waals surface area contributed by atoms with Gasteiger partial charge in [-0.2, -0.15) is 0 Å². The molecule has 0 spiro atoms. The second-order valence-corrected chi connectivity index (χ2v) is 7.81. The highest BCUT2D eigenvalue weighted by Gasteiger charge is 2.16. The Bertz CT molecular complexity index is 606. The molecule has 1 saturated carbocycles. The zero-order valence-electron chi connectivity index (χ0n) is 17.5. The summed E-state index contributed by atoms with van der Waals surface area (Å²) in [5.41, 5.74) is 0. The minimum absolute atomic E-state index is 0.277. The van der Waals surface area contributed by atoms with E-state index in [1.54, 1.807) is 0 Å². The third kappa shape index (κ3) is 6.74. The first kappa shape index (κ1) is 21.0. The Morgan fingerprint density at radius 1 is 1.18 bits per heavy atom. The van der Waals surface area contributed by atoms with E-state index in [9.17, 15) is 0 Å². The van der Waals surface area contributed by atoms with Crippen molar-refractivity contribution >= 4 is 5.96 Å². The van der Waals surface area contributed by atoms with Crippen molar-refractivity contribution in [2.75, 3.05) is 26.3 Å². The van der Waals surface area contributed by atoms with Gasteiger partial charge in [-0.05, 0) is 39.0 Å². The second-order valence-electron chi connectivity index (χ2n) is 7.81. The van der Waals surface area contributed by atoms with E-state index >= 15 is 0 Å². The van der Waals surface area contributed by atoms with Gasteiger partial charge in [0.05, 0.1) is 12.2 Å². The summed E-state index contributed by atoms with van der Waals surface area (Å²) >= 11 is 0. The van der Waals surface area contributed by atoms with E-state index in [0.717, 1.165) is 63.2 Å². The number of aromatic nitrogens is 3. The fourth-order valence-electron chi connectivity index (χ4n) is 3.69. The van der Waals surface area contributed by atoms with Gasteiger partial charge in [-0.25, -0.2) is 4.99 Å². The van der Waals surface area contributed by atoms with Gasteiger partial charge in [-0.1, -0.05) is 19.3 Å². The van der Waals surface area contributed by atoms with Crippen molar-refractivity contribution < 1.29 is 9.47 Å². The number of hydrogen-bond donors (Lipinski definition) is 2. The van der Waals surface area contributed by atoms with Crippen LogP contribution in [0.4, 0.5) is 0 Å². The lowest BCUT2D eigenvalue weighted by Crippen LogP contribution is -2.41. The smallest absolute Gasteiger partial charge is 0.191 e. The molecule has 1 unspecified atom stereocenters. The minimum atomic E-state index is 0.277. The Labute approximate surface area is 168 Å². The molecule has 1 aliphatic carbocycles. The number of ether oxygens (including phenoxy) is 2. The molecule has 8 nitrogen and oxygen atoms in total. The molecule has 1 atom stereocenters. The number of hydrogen-bond acceptors (Lipinski definition) is 5. The molecule has 2 N–H and O–H groups in total. The Morgan fingerprint density at radius 3 is 2.75 bits per heavy atom. The van der Waals surface area contributed by atoms with Gasteiger partial charge < -0.3 is 24.7 Å². The SMILES string of the molecule is Cc1nnc(CN=C(NCCCOC2CCCCC2)NCC2CCCO2)n1C. The number of nitrogens with one attached hydrogen (secondary N) is 2. The molecule has 0 amide bonds. The van der Waals surface area contributed by atoms with Gasteiger partial charge in [0.25, 0.3) is 0 Å². The summed E-state index contributed by atoms with van der Waals surface area (Å²) in [6, 6.07) is 0. The van der Waals surface area contributed by atoms with Gasteiger partial charge in [0.15, 0.2) is 11.8 Å². The third-order valence-electron chi connectivity index (χ3n) is 5.60. The predicted octanol–water partition coefficient (Wildman–Crippen LogP) is 2.08. The van der Waals surface area contributed by atoms with Crippen LogP contribution in [-0.4, -0.2) is 59.2 Å². The van der Waals surface area contributed by atoms with Gasteiger partial charge in [-0.15, -0.1) is 10.2 Å². The van der Waals surface area contributed by atoms with Gasteiger partial charge in [0.1, 0.15) is 12.4 Å². The average Bonchev–Trinajstić information content (AvgIpc) is 3.35. The molecule has 8 heteroatoms. The van der Waals surface area contributed by atoms with E-state index in [1.807, 2.05) is 18.5 Å². The monoisotopic (exact) mass is 392 g/mol. The first-order valence-corrected chi connectivity index (χ1v) is 10.8. The molecule has 2 heterocycles. The fourth-order valence-corrected chi connectivity index (χ4v) is 3.69. The van der Waals surface area contributed by atoms with E-state index in [1.165, 1.54) is 32.1 Å². The maximum Gasteiger partial charge on any atom is 0.191 e. The van der Waals surface area contributed by atoms with Crippen LogP contribution in [0.3, 0.4) is 0 Å². The van der Waals surface area contributed by atoms with E-state index in [-0.39, 0.29) is 6.10 Å². The Morgan fingerprint density at radius 2 is 2.04 bits per heavy atom. The van der Waals surface area contributed by atoms with Crippen LogP contribution in [-0.2, 0) is 23.1 Å². The van der Waals surface area contributed by atoms with Crippen molar-refractivity contribution in [2.45, 2.75) is 77.0 Å². The van der Waals surface area contributed by atoms with E-state index in [2.05, 4.69) is 20.8 Å². The van der Waals surface area contributed by atoms with Crippen LogP contribution in [0.1, 0.15) is 63.0 Å². The lowest BCUT2D eigenvalue weighted by molar-refractivity contribution is 0.0277. The molecular formula is C20H36N6O2. The molecule has 28 heavy (non-hydrogen) atoms. The number of rotatable bonds is 9. The molecule has 2 aliphatic rings. The van der Waals surface area contributed by atoms with Crippen molar-refractivity contribution in [3.8, 4) is 0 Å². The zero-order chi connectivity index (χ0) is 19.6. The predicted molar refractivity (Wildman–Crippen MR) is 109 cm³/mol. The molecule has 0 radical (unpaired) electrons. The number of aryl methyl sites for hydroxylation is 1. The molecular weight excluding hydrogens is 356 g/mol. The Hall–Kier alpha value is -1.67. The summed E-state index contributed by atoms with van der Waals surface area (Å²) in [5, 5.41) is 15.1. The molecule has 1 aliphatic heterocycles. The van der Waals surface area contributed by atoms with E-state index in [4.69, 9.17) is 14.5 Å². The van der Waals surface area contributed by atoms with Gasteiger partial charge >= 0.3 is 0 Å². The standard InChI is InChI=1S/C20H36N6O2/c1-16-24-25-19(26(16)2)15-23-20(22-14-18-10-6-12-28-18)21-11-7-13-27-17-8-4-3-5-9-17/h17-18H,3-15H2,1-2H3,(H2,21,22,23). The maximum atomic E-state index is 6.01. The molecule has 3 rings (SSSR count). The van der Waals surface area contributed by atoms with Crippen molar-refractivity contribution in [3.63, 3.8) is 0 Å². The molecule has 1 aromatic rings. The Kier molecular flexibility index (Phi) is 8.54. The summed E-state index contributed by atoms with van der Waals surface area (Å²) < 4.78 is 13.7. The van der Waals surface area contributed by atoms with Crippen LogP contribution in [0.25, 0.3) is 0 Å². The molecule has 1 aromatic heterocycles. The largest absolute Gasteiger partial charge is 0.378 e. The van der Waals surface area contributed by atoms with Crippen LogP contribution >= 0.6 is 0 Å². The summed E-state index contributed by atoms with van der Waals surface area (Å²) in [4.78, 5) is 4.69. The molecule has 0 aromatic carbocycles. The van der Waals surface area contributed by atoms with E-state index in [0.29, 0.717) is 12.6 Å². The first-order valence-electron chi connectivity index (χ1n) is 10.8. The van der Waals surface area contributed by atoms with Crippen LogP contribution in [0.2, 0.25) is 0 Å². The van der Waals surface area contributed by atoms with Crippen LogP contribution in [0.15, 0.2) is 4.99 Å². The highest BCUT2D eigenvalue weighted by Crippen LogP contribution is 2.20. The molecule has 1 saturated heterocycles. The number of aliphatic imine (C=N–C) groups is 1. The summed E-state index contributed by atoms with van der Waals surface area (Å²) in [6.07, 6.45) is 10.4. The minimum Gasteiger partial charge on any atom is -0.378 e. The van der Waals surface area contributed by atoms with Crippen LogP contribution in [0, 0.1) is 6.92 Å². The normalized spacial score (nSPS) is 21.2. The highest BCUT2D eigenvalue weighted by molar-refractivity contribution is 5.79. The van der Waals surface area contributed by atoms with Crippen LogP contribution in [0.5, 0.6) is 0 Å². The molecule has 0 bridgehead atoms. The average molecular weight is 393 g/mol. The van der Waals surface area contributed by atoms with Crippen molar-refractivity contribution in [3.05, 3.63) is 11.6 Å². The molecule has 158 valence electrons. The maximum absolute atomic E-state index is 6.01. The summed E-state index contributed by atoms with van der Waals surface area (Å²) in [7, 11) is 1.97. The third-order valence-corrected chi connectivity index (χ3v) is 5.60. The summed E-state index contributed by atoms with van der Waals surface area (Å²) in [6.45, 7) is 5.73. The zero-order valence-corrected chi connectivity index (χ0v) is 17.5. The van der Waals surface area contributed by atoms with Crippen LogP contribution < -0.4 is 10.6 Å². The number of nitrogens with zero attached hydrogens (tertiary/aromatic N) is 4. The van der Waals surface area contributed by atoms with Gasteiger partial charge in [0.2, 0.25) is 0 Å². The van der Waals surface area contributed by atoms with Crippen molar-refractivity contribution in [1.82, 2.24) is 25.4 Å². The number of guanidine groups is 1. The quantitative estimate of drug-likeness (QED) is 0.380. The topological polar surface area (TPSA) is 85.6 Å². The fraction of sp³-hybridized carbons (Fsp3) is 0.850. The highest BCUT2D eigenvalue weighted by atomic mass is 16.5. The Balaban J connectivity index is 1.42. The van der Waals surface area contributed by atoms with Gasteiger partial charge in [0, 0.05) is 33.4 Å².